The van der Waals surface area contributed by atoms with Gasteiger partial charge in [0.15, 0.2) is 0 Å². The van der Waals surface area contributed by atoms with Crippen molar-refractivity contribution in [2.75, 3.05) is 13.1 Å². The Morgan fingerprint density at radius 2 is 1.93 bits per heavy atom. The van der Waals surface area contributed by atoms with E-state index in [0.717, 1.165) is 0 Å². The van der Waals surface area contributed by atoms with Crippen molar-refractivity contribution < 1.29 is 23.5 Å². The maximum atomic E-state index is 13.5. The molecule has 0 radical (unpaired) electrons. The van der Waals surface area contributed by atoms with Gasteiger partial charge in [0.05, 0.1) is 11.0 Å². The van der Waals surface area contributed by atoms with Gasteiger partial charge < -0.3 is 15.0 Å². The Hall–Kier alpha value is -3.29. The third-order valence-corrected chi connectivity index (χ3v) is 5.64. The molecule has 0 aliphatic carbocycles. The number of carboxylic acids is 1. The minimum atomic E-state index is -0.887. The van der Waals surface area contributed by atoms with E-state index in [9.17, 15) is 23.5 Å². The summed E-state index contributed by atoms with van der Waals surface area (Å²) in [5.41, 5.74) is 1.47. The van der Waals surface area contributed by atoms with Crippen LogP contribution in [-0.4, -0.2) is 44.9 Å². The first-order valence-electron chi connectivity index (χ1n) is 9.80. The Morgan fingerprint density at radius 3 is 2.70 bits per heavy atom. The van der Waals surface area contributed by atoms with Crippen LogP contribution in [0.5, 0.6) is 0 Å². The molecule has 1 aliphatic rings. The molecule has 8 heteroatoms. The molecule has 1 amide bonds. The molecular formula is C22H21F2N3O3. The number of H-pyrrole nitrogens is 1. The summed E-state index contributed by atoms with van der Waals surface area (Å²) in [6.07, 6.45) is 0.968. The molecule has 1 fully saturated rings. The van der Waals surface area contributed by atoms with Crippen molar-refractivity contribution >= 4 is 22.9 Å². The number of halogens is 2. The van der Waals surface area contributed by atoms with E-state index in [-0.39, 0.29) is 35.5 Å². The largest absolute Gasteiger partial charge is 0.481 e. The molecule has 4 rings (SSSR count). The number of piperidine rings is 1. The second-order valence-corrected chi connectivity index (χ2v) is 7.72. The van der Waals surface area contributed by atoms with E-state index in [4.69, 9.17) is 0 Å². The highest BCUT2D eigenvalue weighted by molar-refractivity contribution is 5.94. The third kappa shape index (κ3) is 4.32. The van der Waals surface area contributed by atoms with E-state index in [2.05, 4.69) is 9.97 Å². The molecule has 2 aromatic carbocycles. The number of aliphatic carboxylic acids is 1. The maximum Gasteiger partial charge on any atom is 0.303 e. The number of aromatic amines is 1. The van der Waals surface area contributed by atoms with Crippen molar-refractivity contribution in [3.63, 3.8) is 0 Å². The quantitative estimate of drug-likeness (QED) is 0.669. The predicted octanol–water partition coefficient (Wildman–Crippen LogP) is 3.64. The summed E-state index contributed by atoms with van der Waals surface area (Å²) >= 11 is 0. The fraction of sp³-hybridized carbons (Fsp3) is 0.318. The lowest BCUT2D eigenvalue weighted by Crippen LogP contribution is -2.45. The number of carbonyl (C=O) groups is 2. The Kier molecular flexibility index (Phi) is 5.48. The normalized spacial score (nSPS) is 19.2. The second kappa shape index (κ2) is 8.22. The molecule has 156 valence electrons. The third-order valence-electron chi connectivity index (χ3n) is 5.64. The first kappa shape index (κ1) is 20.0. The fourth-order valence-electron chi connectivity index (χ4n) is 4.17. The van der Waals surface area contributed by atoms with Crippen molar-refractivity contribution in [3.05, 3.63) is 65.5 Å². The molecule has 2 heterocycles. The lowest BCUT2D eigenvalue weighted by molar-refractivity contribution is -0.139. The number of carbonyl (C=O) groups excluding carboxylic acids is 1. The van der Waals surface area contributed by atoms with Gasteiger partial charge in [-0.1, -0.05) is 6.07 Å². The molecular weight excluding hydrogens is 392 g/mol. The molecule has 0 spiro atoms. The summed E-state index contributed by atoms with van der Waals surface area (Å²) in [6.45, 7) is 0.758. The number of hydrogen-bond donors (Lipinski definition) is 2. The van der Waals surface area contributed by atoms with Crippen LogP contribution in [0.1, 0.15) is 29.0 Å². The van der Waals surface area contributed by atoms with E-state index in [1.54, 1.807) is 17.0 Å². The molecule has 0 bridgehead atoms. The summed E-state index contributed by atoms with van der Waals surface area (Å²) in [5.74, 6) is -1.65. The average molecular weight is 413 g/mol. The van der Waals surface area contributed by atoms with Crippen LogP contribution in [0.2, 0.25) is 0 Å². The SMILES string of the molecule is O=C(O)C[C@@H]1CCN(C(=O)c2cccc(F)c2)C[C@@H]1Cc1nc2ccc(F)cc2[nH]1. The minimum absolute atomic E-state index is 0.00151. The zero-order valence-electron chi connectivity index (χ0n) is 16.1. The van der Waals surface area contributed by atoms with E-state index >= 15 is 0 Å². The fourth-order valence-corrected chi connectivity index (χ4v) is 4.17. The van der Waals surface area contributed by atoms with Crippen molar-refractivity contribution in [2.45, 2.75) is 19.3 Å². The summed E-state index contributed by atoms with van der Waals surface area (Å²) in [4.78, 5) is 33.4. The van der Waals surface area contributed by atoms with Gasteiger partial charge in [0.2, 0.25) is 0 Å². The van der Waals surface area contributed by atoms with Gasteiger partial charge in [0, 0.05) is 31.5 Å². The number of nitrogens with zero attached hydrogens (tertiary/aromatic N) is 2. The maximum absolute atomic E-state index is 13.5. The topological polar surface area (TPSA) is 86.3 Å². The number of hydrogen-bond acceptors (Lipinski definition) is 3. The number of carboxylic acid groups (broad SMARTS) is 1. The summed E-state index contributed by atoms with van der Waals surface area (Å²) < 4.78 is 27.0. The number of benzene rings is 2. The highest BCUT2D eigenvalue weighted by atomic mass is 19.1. The first-order chi connectivity index (χ1) is 14.4. The average Bonchev–Trinajstić information content (AvgIpc) is 3.09. The van der Waals surface area contributed by atoms with E-state index in [1.807, 2.05) is 0 Å². The Morgan fingerprint density at radius 1 is 1.13 bits per heavy atom. The van der Waals surface area contributed by atoms with Crippen LogP contribution in [0.25, 0.3) is 11.0 Å². The van der Waals surface area contributed by atoms with Crippen LogP contribution in [0.15, 0.2) is 42.5 Å². The summed E-state index contributed by atoms with van der Waals surface area (Å²) in [5, 5.41) is 9.29. The Bertz CT molecular complexity index is 1100. The first-order valence-corrected chi connectivity index (χ1v) is 9.80. The molecule has 1 aromatic heterocycles. The van der Waals surface area contributed by atoms with Crippen LogP contribution in [-0.2, 0) is 11.2 Å². The highest BCUT2D eigenvalue weighted by Crippen LogP contribution is 2.30. The highest BCUT2D eigenvalue weighted by Gasteiger charge is 2.33. The monoisotopic (exact) mass is 413 g/mol. The van der Waals surface area contributed by atoms with Gasteiger partial charge in [-0.25, -0.2) is 13.8 Å². The van der Waals surface area contributed by atoms with Crippen LogP contribution >= 0.6 is 0 Å². The van der Waals surface area contributed by atoms with Crippen LogP contribution in [0.3, 0.4) is 0 Å². The zero-order chi connectivity index (χ0) is 21.3. The van der Waals surface area contributed by atoms with Crippen molar-refractivity contribution in [1.82, 2.24) is 14.9 Å². The van der Waals surface area contributed by atoms with Gasteiger partial charge in [-0.2, -0.15) is 0 Å². The number of nitrogens with one attached hydrogen (secondary N) is 1. The van der Waals surface area contributed by atoms with Gasteiger partial charge in [0.1, 0.15) is 17.5 Å². The molecule has 1 aliphatic heterocycles. The second-order valence-electron chi connectivity index (χ2n) is 7.72. The lowest BCUT2D eigenvalue weighted by atomic mass is 9.81. The summed E-state index contributed by atoms with van der Waals surface area (Å²) in [6, 6.07) is 9.82. The zero-order valence-corrected chi connectivity index (χ0v) is 16.1. The van der Waals surface area contributed by atoms with Crippen molar-refractivity contribution in [2.24, 2.45) is 11.8 Å². The van der Waals surface area contributed by atoms with Crippen LogP contribution < -0.4 is 0 Å². The molecule has 3 aromatic rings. The van der Waals surface area contributed by atoms with Crippen molar-refractivity contribution in [1.29, 1.82) is 0 Å². The smallest absolute Gasteiger partial charge is 0.303 e. The number of fused-ring (bicyclic) bond motifs is 1. The van der Waals surface area contributed by atoms with E-state index in [1.165, 1.54) is 30.3 Å². The van der Waals surface area contributed by atoms with Crippen molar-refractivity contribution in [3.8, 4) is 0 Å². The number of rotatable bonds is 5. The van der Waals surface area contributed by atoms with Gasteiger partial charge in [0.25, 0.3) is 5.91 Å². The predicted molar refractivity (Wildman–Crippen MR) is 106 cm³/mol. The molecule has 30 heavy (non-hydrogen) atoms. The Labute approximate surface area is 171 Å². The lowest BCUT2D eigenvalue weighted by Gasteiger charge is -2.38. The Balaban J connectivity index is 1.55. The summed E-state index contributed by atoms with van der Waals surface area (Å²) in [7, 11) is 0. The van der Waals surface area contributed by atoms with Crippen LogP contribution in [0, 0.1) is 23.5 Å². The van der Waals surface area contributed by atoms with E-state index < -0.39 is 11.8 Å². The minimum Gasteiger partial charge on any atom is -0.481 e. The van der Waals surface area contributed by atoms with Gasteiger partial charge in [-0.15, -0.1) is 0 Å². The van der Waals surface area contributed by atoms with Gasteiger partial charge in [-0.05, 0) is 54.7 Å². The van der Waals surface area contributed by atoms with Crippen LogP contribution in [0.4, 0.5) is 8.78 Å². The molecule has 2 N–H and O–H groups in total. The standard InChI is InChI=1S/C22H21F2N3O3/c23-16-3-1-2-14(8-16)22(30)27-7-6-13(10-21(28)29)15(12-27)9-20-25-18-5-4-17(24)11-19(18)26-20/h1-5,8,11,13,15H,6-7,9-10,12H2,(H,25,26)(H,28,29)/t13-,15-/m0/s1. The number of imidazole rings is 1. The number of likely N-dealkylation sites (tertiary alicyclic amines) is 1. The molecule has 0 saturated carbocycles. The molecule has 0 unspecified atom stereocenters. The van der Waals surface area contributed by atoms with Gasteiger partial charge >= 0.3 is 5.97 Å². The number of amides is 1. The number of aromatic nitrogens is 2. The van der Waals surface area contributed by atoms with Gasteiger partial charge in [-0.3, -0.25) is 9.59 Å². The molecule has 6 nitrogen and oxygen atoms in total. The van der Waals surface area contributed by atoms with E-state index in [0.29, 0.717) is 42.8 Å². The molecule has 1 saturated heterocycles. The molecule has 2 atom stereocenters.